The van der Waals surface area contributed by atoms with Crippen molar-refractivity contribution >= 4 is 18.1 Å². The summed E-state index contributed by atoms with van der Waals surface area (Å²) < 4.78 is 0. The molecular weight excluding hydrogens is 146 g/mol. The zero-order valence-electron chi connectivity index (χ0n) is 5.98. The summed E-state index contributed by atoms with van der Waals surface area (Å²) in [7, 11) is 0. The maximum atomic E-state index is 10.5. The van der Waals surface area contributed by atoms with Crippen molar-refractivity contribution in [3.05, 3.63) is 6.58 Å². The number of aromatic nitrogens is 4. The number of carbonyl (C=O) groups excluding carboxylic acids is 1. The van der Waals surface area contributed by atoms with E-state index < -0.39 is 0 Å². The molecule has 0 saturated heterocycles. The normalized spacial score (nSPS) is 9.18. The molecule has 0 radical (unpaired) electrons. The third kappa shape index (κ3) is 1.85. The summed E-state index contributed by atoms with van der Waals surface area (Å²) in [4.78, 5) is 11.6. The first kappa shape index (κ1) is 7.39. The van der Waals surface area contributed by atoms with E-state index in [1.54, 1.807) is 0 Å². The fourth-order valence-electron chi connectivity index (χ4n) is 0.510. The number of nitrogens with zero attached hydrogens (tertiary/aromatic N) is 4. The predicted octanol–water partition coefficient (Wildman–Crippen LogP) is -0.268. The van der Waals surface area contributed by atoms with Crippen molar-refractivity contribution in [3.63, 3.8) is 0 Å². The first-order valence-corrected chi connectivity index (χ1v) is 2.92. The van der Waals surface area contributed by atoms with Crippen molar-refractivity contribution in [2.45, 2.75) is 6.92 Å². The van der Waals surface area contributed by atoms with Crippen LogP contribution in [-0.2, 0) is 4.79 Å². The van der Waals surface area contributed by atoms with Crippen molar-refractivity contribution in [2.24, 2.45) is 0 Å². The van der Waals surface area contributed by atoms with E-state index in [0.717, 1.165) is 4.80 Å². The van der Waals surface area contributed by atoms with Gasteiger partial charge >= 0.3 is 0 Å². The van der Waals surface area contributed by atoms with Crippen LogP contribution in [0.25, 0.3) is 6.20 Å². The molecule has 0 aliphatic rings. The molecule has 0 aliphatic carbocycles. The van der Waals surface area contributed by atoms with Crippen LogP contribution in [0.4, 0.5) is 5.95 Å². The molecule has 58 valence electrons. The molecule has 1 rings (SSSR count). The van der Waals surface area contributed by atoms with Crippen molar-refractivity contribution < 1.29 is 4.79 Å². The number of carbonyl (C=O) groups is 1. The van der Waals surface area contributed by atoms with Crippen molar-refractivity contribution in [1.29, 1.82) is 0 Å². The Balaban J connectivity index is 2.72. The summed E-state index contributed by atoms with van der Waals surface area (Å²) >= 11 is 0. The standard InChI is InChI=1S/C5H7N5O/c1-3-10-8-5(7-9-10)6-4(2)11/h3H,1H2,2H3,(H,6,8,11). The molecule has 0 bridgehead atoms. The highest BCUT2D eigenvalue weighted by Crippen LogP contribution is 1.91. The third-order valence-electron chi connectivity index (χ3n) is 0.879. The first-order valence-electron chi connectivity index (χ1n) is 2.92. The van der Waals surface area contributed by atoms with Crippen molar-refractivity contribution in [3.8, 4) is 0 Å². The maximum absolute atomic E-state index is 10.5. The Hall–Kier alpha value is -1.72. The molecule has 6 heteroatoms. The van der Waals surface area contributed by atoms with Gasteiger partial charge in [-0.2, -0.15) is 0 Å². The number of anilines is 1. The third-order valence-corrected chi connectivity index (χ3v) is 0.879. The molecule has 0 atom stereocenters. The average Bonchev–Trinajstić information content (AvgIpc) is 2.34. The van der Waals surface area contributed by atoms with Crippen LogP contribution in [0.3, 0.4) is 0 Å². The highest BCUT2D eigenvalue weighted by Gasteiger charge is 2.00. The molecule has 1 aromatic rings. The van der Waals surface area contributed by atoms with Crippen LogP contribution in [0.1, 0.15) is 6.92 Å². The highest BCUT2D eigenvalue weighted by molar-refractivity contribution is 5.86. The van der Waals surface area contributed by atoms with E-state index in [4.69, 9.17) is 0 Å². The molecule has 1 heterocycles. The van der Waals surface area contributed by atoms with Gasteiger partial charge in [0.1, 0.15) is 0 Å². The Morgan fingerprint density at radius 1 is 1.82 bits per heavy atom. The maximum Gasteiger partial charge on any atom is 0.270 e. The molecule has 0 unspecified atom stereocenters. The van der Waals surface area contributed by atoms with Gasteiger partial charge in [-0.1, -0.05) is 11.7 Å². The topological polar surface area (TPSA) is 72.7 Å². The molecule has 0 spiro atoms. The Morgan fingerprint density at radius 2 is 2.55 bits per heavy atom. The molecule has 1 amide bonds. The van der Waals surface area contributed by atoms with Gasteiger partial charge in [0.25, 0.3) is 5.95 Å². The minimum Gasteiger partial charge on any atom is -0.292 e. The molecule has 11 heavy (non-hydrogen) atoms. The lowest BCUT2D eigenvalue weighted by atomic mass is 10.7. The largest absolute Gasteiger partial charge is 0.292 e. The van der Waals surface area contributed by atoms with E-state index in [9.17, 15) is 4.79 Å². The SMILES string of the molecule is C=Cn1nnc(NC(C)=O)n1. The minimum atomic E-state index is -0.228. The van der Waals surface area contributed by atoms with E-state index >= 15 is 0 Å². The van der Waals surface area contributed by atoms with E-state index in [2.05, 4.69) is 27.3 Å². The fraction of sp³-hybridized carbons (Fsp3) is 0.200. The smallest absolute Gasteiger partial charge is 0.270 e. The number of tetrazole rings is 1. The summed E-state index contributed by atoms with van der Waals surface area (Å²) in [6.45, 7) is 4.78. The van der Waals surface area contributed by atoms with Gasteiger partial charge in [-0.05, 0) is 5.21 Å². The summed E-state index contributed by atoms with van der Waals surface area (Å²) in [6.07, 6.45) is 1.37. The second-order valence-corrected chi connectivity index (χ2v) is 1.80. The molecule has 0 saturated carbocycles. The van der Waals surface area contributed by atoms with Crippen LogP contribution >= 0.6 is 0 Å². The molecular formula is C5H7N5O. The van der Waals surface area contributed by atoms with Gasteiger partial charge < -0.3 is 0 Å². The molecule has 0 aliphatic heterocycles. The average molecular weight is 153 g/mol. The van der Waals surface area contributed by atoms with E-state index in [-0.39, 0.29) is 11.9 Å². The predicted molar refractivity (Wildman–Crippen MR) is 38.5 cm³/mol. The number of hydrogen-bond acceptors (Lipinski definition) is 4. The molecule has 1 aromatic heterocycles. The van der Waals surface area contributed by atoms with Gasteiger partial charge in [-0.25, -0.2) is 0 Å². The molecule has 0 fully saturated rings. The van der Waals surface area contributed by atoms with Gasteiger partial charge in [0.05, 0.1) is 0 Å². The second-order valence-electron chi connectivity index (χ2n) is 1.80. The van der Waals surface area contributed by atoms with Crippen molar-refractivity contribution in [2.75, 3.05) is 5.32 Å². The van der Waals surface area contributed by atoms with E-state index in [0.29, 0.717) is 0 Å². The summed E-state index contributed by atoms with van der Waals surface area (Å²) in [5.74, 6) is -0.0500. The lowest BCUT2D eigenvalue weighted by Crippen LogP contribution is -2.07. The lowest BCUT2D eigenvalue weighted by Gasteiger charge is -1.89. The number of amides is 1. The fourth-order valence-corrected chi connectivity index (χ4v) is 0.510. The van der Waals surface area contributed by atoms with Gasteiger partial charge in [-0.3, -0.25) is 10.1 Å². The Bertz CT molecular complexity index is 278. The Kier molecular flexibility index (Phi) is 1.95. The van der Waals surface area contributed by atoms with Gasteiger partial charge in [0.15, 0.2) is 0 Å². The van der Waals surface area contributed by atoms with Gasteiger partial charge in [0.2, 0.25) is 5.91 Å². The van der Waals surface area contributed by atoms with Crippen molar-refractivity contribution in [1.82, 2.24) is 20.2 Å². The van der Waals surface area contributed by atoms with Crippen LogP contribution in [0.5, 0.6) is 0 Å². The van der Waals surface area contributed by atoms with Gasteiger partial charge in [0, 0.05) is 13.1 Å². The van der Waals surface area contributed by atoms with E-state index in [1.807, 2.05) is 0 Å². The minimum absolute atomic E-state index is 0.178. The van der Waals surface area contributed by atoms with Crippen LogP contribution < -0.4 is 5.32 Å². The summed E-state index contributed by atoms with van der Waals surface area (Å²) in [5, 5.41) is 13.1. The Labute approximate surface area is 62.9 Å². The van der Waals surface area contributed by atoms with Crippen LogP contribution in [0.15, 0.2) is 6.58 Å². The molecule has 6 nitrogen and oxygen atoms in total. The number of hydrogen-bond donors (Lipinski definition) is 1. The molecule has 0 aromatic carbocycles. The van der Waals surface area contributed by atoms with E-state index in [1.165, 1.54) is 13.1 Å². The first-order chi connectivity index (χ1) is 5.22. The second kappa shape index (κ2) is 2.91. The summed E-state index contributed by atoms with van der Waals surface area (Å²) in [5.41, 5.74) is 0. The number of nitrogens with one attached hydrogen (secondary N) is 1. The zero-order chi connectivity index (χ0) is 8.27. The van der Waals surface area contributed by atoms with Crippen LogP contribution in [0.2, 0.25) is 0 Å². The van der Waals surface area contributed by atoms with Gasteiger partial charge in [-0.15, -0.1) is 9.90 Å². The monoisotopic (exact) mass is 153 g/mol. The lowest BCUT2D eigenvalue weighted by molar-refractivity contribution is -0.114. The summed E-state index contributed by atoms with van der Waals surface area (Å²) in [6, 6.07) is 0. The van der Waals surface area contributed by atoms with Crippen LogP contribution in [0, 0.1) is 0 Å². The Morgan fingerprint density at radius 3 is 3.00 bits per heavy atom. The quantitative estimate of drug-likeness (QED) is 0.634. The number of rotatable bonds is 2. The zero-order valence-corrected chi connectivity index (χ0v) is 5.98. The highest BCUT2D eigenvalue weighted by atomic mass is 16.1. The molecule has 1 N–H and O–H groups in total. The van der Waals surface area contributed by atoms with Crippen LogP contribution in [-0.4, -0.2) is 26.1 Å².